The Morgan fingerprint density at radius 3 is 2.71 bits per heavy atom. The fourth-order valence-electron chi connectivity index (χ4n) is 1.84. The van der Waals surface area contributed by atoms with Crippen LogP contribution in [-0.2, 0) is 6.54 Å². The fourth-order valence-corrected chi connectivity index (χ4v) is 2.87. The summed E-state index contributed by atoms with van der Waals surface area (Å²) < 4.78 is 1.69. The van der Waals surface area contributed by atoms with Crippen LogP contribution in [0, 0.1) is 0 Å². The van der Waals surface area contributed by atoms with Gasteiger partial charge in [0, 0.05) is 11.4 Å². The van der Waals surface area contributed by atoms with Crippen molar-refractivity contribution in [3.63, 3.8) is 0 Å². The van der Waals surface area contributed by atoms with Crippen LogP contribution in [0.1, 0.15) is 10.5 Å². The smallest absolute Gasteiger partial charge is 0.192 e. The zero-order valence-corrected chi connectivity index (χ0v) is 13.7. The molecule has 0 amide bonds. The van der Waals surface area contributed by atoms with Crippen LogP contribution in [0.25, 0.3) is 0 Å². The highest BCUT2D eigenvalue weighted by Gasteiger charge is 2.17. The third-order valence-corrected chi connectivity index (χ3v) is 4.22. The molecule has 0 aliphatic heterocycles. The molecule has 2 rings (SSSR count). The molecule has 0 bridgehead atoms. The van der Waals surface area contributed by atoms with E-state index in [-0.39, 0.29) is 5.78 Å². The molecule has 21 heavy (non-hydrogen) atoms. The fraction of sp³-hybridized carbons (Fsp3) is 0.333. The van der Waals surface area contributed by atoms with Crippen LogP contribution in [0.2, 0.25) is 5.02 Å². The van der Waals surface area contributed by atoms with Gasteiger partial charge in [0.05, 0.1) is 23.5 Å². The molecule has 4 nitrogen and oxygen atoms in total. The van der Waals surface area contributed by atoms with Gasteiger partial charge in [-0.2, -0.15) is 5.10 Å². The molecule has 0 unspecified atom stereocenters. The topological polar surface area (TPSA) is 38.1 Å². The molecule has 0 saturated carbocycles. The van der Waals surface area contributed by atoms with E-state index in [0.29, 0.717) is 23.0 Å². The van der Waals surface area contributed by atoms with Crippen molar-refractivity contribution in [1.82, 2.24) is 14.7 Å². The molecule has 0 fully saturated rings. The third-order valence-electron chi connectivity index (χ3n) is 2.93. The Hall–Kier alpha value is -1.30. The summed E-state index contributed by atoms with van der Waals surface area (Å²) in [5.41, 5.74) is 0.502. The van der Waals surface area contributed by atoms with Crippen molar-refractivity contribution in [3.8, 4) is 0 Å². The Morgan fingerprint density at radius 2 is 2.05 bits per heavy atom. The number of thioether (sulfide) groups is 1. The van der Waals surface area contributed by atoms with Gasteiger partial charge in [0.25, 0.3) is 0 Å². The molecule has 0 N–H and O–H groups in total. The van der Waals surface area contributed by atoms with Gasteiger partial charge in [-0.15, -0.1) is 11.8 Å². The number of benzene rings is 1. The molecule has 1 aromatic heterocycles. The second kappa shape index (κ2) is 7.64. The van der Waals surface area contributed by atoms with Crippen LogP contribution in [0.15, 0.2) is 41.4 Å². The molecule has 1 aromatic carbocycles. The van der Waals surface area contributed by atoms with Crippen LogP contribution >= 0.6 is 23.4 Å². The van der Waals surface area contributed by atoms with E-state index in [2.05, 4.69) is 5.10 Å². The lowest BCUT2D eigenvalue weighted by Crippen LogP contribution is -2.22. The summed E-state index contributed by atoms with van der Waals surface area (Å²) in [6, 6.07) is 9.85. The van der Waals surface area contributed by atoms with Crippen molar-refractivity contribution >= 4 is 29.1 Å². The number of aromatic nitrogens is 2. The van der Waals surface area contributed by atoms with E-state index in [1.54, 1.807) is 4.68 Å². The van der Waals surface area contributed by atoms with Gasteiger partial charge < -0.3 is 4.90 Å². The number of hydrogen-bond acceptors (Lipinski definition) is 4. The number of halogens is 1. The first kappa shape index (κ1) is 16.1. The van der Waals surface area contributed by atoms with Crippen LogP contribution in [-0.4, -0.2) is 46.9 Å². The van der Waals surface area contributed by atoms with Crippen molar-refractivity contribution < 1.29 is 4.79 Å². The summed E-state index contributed by atoms with van der Waals surface area (Å²) in [6.45, 7) is 1.46. The van der Waals surface area contributed by atoms with Crippen molar-refractivity contribution in [2.45, 2.75) is 11.4 Å². The van der Waals surface area contributed by atoms with Gasteiger partial charge >= 0.3 is 0 Å². The number of nitrogens with zero attached hydrogens (tertiary/aromatic N) is 3. The van der Waals surface area contributed by atoms with Gasteiger partial charge in [0.2, 0.25) is 0 Å². The lowest BCUT2D eigenvalue weighted by molar-refractivity contribution is 0.101. The van der Waals surface area contributed by atoms with E-state index in [0.717, 1.165) is 11.4 Å². The quantitative estimate of drug-likeness (QED) is 0.580. The summed E-state index contributed by atoms with van der Waals surface area (Å²) in [7, 11) is 3.97. The Morgan fingerprint density at radius 1 is 1.33 bits per heavy atom. The Bertz CT molecular complexity index is 598. The number of rotatable bonds is 7. The first-order valence-electron chi connectivity index (χ1n) is 6.65. The van der Waals surface area contributed by atoms with Gasteiger partial charge in [-0.3, -0.25) is 9.48 Å². The number of likely N-dealkylation sites (N-methyl/N-ethyl adjacent to an activating group) is 1. The van der Waals surface area contributed by atoms with Gasteiger partial charge in [-0.25, -0.2) is 0 Å². The first-order valence-corrected chi connectivity index (χ1v) is 8.01. The minimum atomic E-state index is 0.00473. The SMILES string of the molecule is CN(C)CCn1ncc(Cl)c1C(=O)CSc1ccccc1. The zero-order valence-electron chi connectivity index (χ0n) is 12.1. The highest BCUT2D eigenvalue weighted by molar-refractivity contribution is 8.00. The van der Waals surface area contributed by atoms with Gasteiger partial charge in [-0.05, 0) is 26.2 Å². The molecule has 112 valence electrons. The number of hydrogen-bond donors (Lipinski definition) is 0. The van der Waals surface area contributed by atoms with E-state index < -0.39 is 0 Å². The van der Waals surface area contributed by atoms with E-state index in [9.17, 15) is 4.79 Å². The van der Waals surface area contributed by atoms with Crippen LogP contribution in [0.5, 0.6) is 0 Å². The summed E-state index contributed by atoms with van der Waals surface area (Å²) in [5.74, 6) is 0.363. The monoisotopic (exact) mass is 323 g/mol. The first-order chi connectivity index (χ1) is 10.1. The van der Waals surface area contributed by atoms with E-state index in [1.807, 2.05) is 49.3 Å². The van der Waals surface area contributed by atoms with Crippen LogP contribution in [0.3, 0.4) is 0 Å². The predicted molar refractivity (Wildman–Crippen MR) is 87.3 cm³/mol. The highest BCUT2D eigenvalue weighted by atomic mass is 35.5. The summed E-state index contributed by atoms with van der Waals surface area (Å²) >= 11 is 7.62. The summed E-state index contributed by atoms with van der Waals surface area (Å²) in [6.07, 6.45) is 1.54. The molecule has 0 radical (unpaired) electrons. The molecule has 0 saturated heterocycles. The molecule has 1 heterocycles. The number of ketones is 1. The molecule has 0 aliphatic carbocycles. The molecule has 0 atom stereocenters. The van der Waals surface area contributed by atoms with E-state index >= 15 is 0 Å². The minimum Gasteiger partial charge on any atom is -0.308 e. The van der Waals surface area contributed by atoms with Crippen LogP contribution < -0.4 is 0 Å². The number of carbonyl (C=O) groups is 1. The highest BCUT2D eigenvalue weighted by Crippen LogP contribution is 2.22. The van der Waals surface area contributed by atoms with Crippen molar-refractivity contribution in [3.05, 3.63) is 47.2 Å². The van der Waals surface area contributed by atoms with Crippen molar-refractivity contribution in [2.75, 3.05) is 26.4 Å². The zero-order chi connectivity index (χ0) is 15.2. The average molecular weight is 324 g/mol. The molecular weight excluding hydrogens is 306 g/mol. The molecular formula is C15H18ClN3OS. The third kappa shape index (κ3) is 4.59. The minimum absolute atomic E-state index is 0.00473. The summed E-state index contributed by atoms with van der Waals surface area (Å²) in [5, 5.41) is 4.62. The van der Waals surface area contributed by atoms with Gasteiger partial charge in [0.1, 0.15) is 5.69 Å². The van der Waals surface area contributed by atoms with Gasteiger partial charge in [-0.1, -0.05) is 29.8 Å². The second-order valence-corrected chi connectivity index (χ2v) is 6.35. The van der Waals surface area contributed by atoms with Gasteiger partial charge in [0.15, 0.2) is 5.78 Å². The van der Waals surface area contributed by atoms with Crippen molar-refractivity contribution in [1.29, 1.82) is 0 Å². The van der Waals surface area contributed by atoms with Crippen LogP contribution in [0.4, 0.5) is 0 Å². The van der Waals surface area contributed by atoms with E-state index in [1.165, 1.54) is 18.0 Å². The maximum absolute atomic E-state index is 12.4. The number of carbonyl (C=O) groups excluding carboxylic acids is 1. The Balaban J connectivity index is 2.03. The number of Topliss-reactive ketones (excluding diaryl/α,β-unsaturated/α-hetero) is 1. The molecule has 2 aromatic rings. The summed E-state index contributed by atoms with van der Waals surface area (Å²) in [4.78, 5) is 15.5. The molecule has 0 aliphatic rings. The predicted octanol–water partition coefficient (Wildman–Crippen LogP) is 3.07. The lowest BCUT2D eigenvalue weighted by Gasteiger charge is -2.11. The maximum atomic E-state index is 12.4. The lowest BCUT2D eigenvalue weighted by atomic mass is 10.3. The molecule has 0 spiro atoms. The second-order valence-electron chi connectivity index (χ2n) is 4.89. The van der Waals surface area contributed by atoms with E-state index in [4.69, 9.17) is 11.6 Å². The Kier molecular flexibility index (Phi) is 5.85. The average Bonchev–Trinajstić information content (AvgIpc) is 2.85. The normalized spacial score (nSPS) is 11.0. The van der Waals surface area contributed by atoms with Crippen molar-refractivity contribution in [2.24, 2.45) is 0 Å². The maximum Gasteiger partial charge on any atom is 0.192 e. The standard InChI is InChI=1S/C15H18ClN3OS/c1-18(2)8-9-19-15(13(16)10-17-19)14(20)11-21-12-6-4-3-5-7-12/h3-7,10H,8-9,11H2,1-2H3. The Labute approximate surface area is 134 Å². The largest absolute Gasteiger partial charge is 0.308 e. The molecule has 6 heteroatoms.